The van der Waals surface area contributed by atoms with E-state index in [9.17, 15) is 0 Å². The van der Waals surface area contributed by atoms with Gasteiger partial charge in [-0.15, -0.1) is 0 Å². The summed E-state index contributed by atoms with van der Waals surface area (Å²) < 4.78 is 6.14. The molecule has 0 bridgehead atoms. The van der Waals surface area contributed by atoms with Gasteiger partial charge in [-0.1, -0.05) is 38.1 Å². The van der Waals surface area contributed by atoms with E-state index in [0.717, 1.165) is 41.8 Å². The van der Waals surface area contributed by atoms with E-state index in [1.54, 1.807) is 0 Å². The molecule has 0 fully saturated rings. The number of pyridine rings is 1. The van der Waals surface area contributed by atoms with Crippen LogP contribution in [0.2, 0.25) is 0 Å². The Morgan fingerprint density at radius 3 is 2.24 bits per heavy atom. The second kappa shape index (κ2) is 10.4. The number of aromatic nitrogens is 1. The first-order valence-corrected chi connectivity index (χ1v) is 10.6. The minimum absolute atomic E-state index is 0.266. The Morgan fingerprint density at radius 2 is 1.66 bits per heavy atom. The lowest BCUT2D eigenvalue weighted by Crippen LogP contribution is -2.30. The lowest BCUT2D eigenvalue weighted by Gasteiger charge is -2.31. The van der Waals surface area contributed by atoms with Crippen LogP contribution in [0.4, 0.5) is 5.69 Å². The van der Waals surface area contributed by atoms with Gasteiger partial charge in [0.1, 0.15) is 5.60 Å². The van der Waals surface area contributed by atoms with Gasteiger partial charge >= 0.3 is 0 Å². The molecule has 1 aromatic heterocycles. The van der Waals surface area contributed by atoms with Gasteiger partial charge in [0.25, 0.3) is 0 Å². The molecule has 154 valence electrons. The molecule has 1 heterocycles. The van der Waals surface area contributed by atoms with Crippen LogP contribution in [-0.4, -0.2) is 16.3 Å². The number of anilines is 1. The number of ether oxygens (including phenoxy) is 1. The number of hydrogen-bond donors (Lipinski definition) is 2. The van der Waals surface area contributed by atoms with Crippen LogP contribution in [0.15, 0.2) is 42.6 Å². The van der Waals surface area contributed by atoms with Crippen LogP contribution in [0.3, 0.4) is 0 Å². The number of benzene rings is 1. The van der Waals surface area contributed by atoms with Crippen LogP contribution in [0, 0.1) is 16.9 Å². The topological polar surface area (TPSA) is 57.9 Å². The van der Waals surface area contributed by atoms with E-state index in [4.69, 9.17) is 10.00 Å². The first kappa shape index (κ1) is 22.8. The third-order valence-electron chi connectivity index (χ3n) is 4.91. The second-order valence-corrected chi connectivity index (χ2v) is 9.07. The molecule has 2 aromatic rings. The third-order valence-corrected chi connectivity index (χ3v) is 5.14. The van der Waals surface area contributed by atoms with E-state index in [-0.39, 0.29) is 11.0 Å². The Bertz CT molecular complexity index is 834. The van der Waals surface area contributed by atoms with Gasteiger partial charge in [0.2, 0.25) is 5.88 Å². The zero-order valence-electron chi connectivity index (χ0n) is 17.8. The molecule has 0 radical (unpaired) electrons. The van der Waals surface area contributed by atoms with Crippen molar-refractivity contribution < 1.29 is 4.74 Å². The molecule has 4 nitrogen and oxygen atoms in total. The average Bonchev–Trinajstić information content (AvgIpc) is 2.67. The first-order valence-electron chi connectivity index (χ1n) is 9.92. The highest BCUT2D eigenvalue weighted by Crippen LogP contribution is 2.31. The van der Waals surface area contributed by atoms with Crippen molar-refractivity contribution >= 4 is 30.5 Å². The predicted octanol–water partition coefficient (Wildman–Crippen LogP) is 6.43. The van der Waals surface area contributed by atoms with E-state index in [1.807, 2.05) is 60.9 Å². The molecule has 0 aliphatic heterocycles. The van der Waals surface area contributed by atoms with E-state index >= 15 is 0 Å². The molecule has 0 atom stereocenters. The van der Waals surface area contributed by atoms with E-state index in [0.29, 0.717) is 5.88 Å². The van der Waals surface area contributed by atoms with Crippen molar-refractivity contribution in [2.75, 3.05) is 11.1 Å². The zero-order valence-corrected chi connectivity index (χ0v) is 18.7. The van der Waals surface area contributed by atoms with Crippen molar-refractivity contribution in [3.05, 3.63) is 53.7 Å². The molecule has 0 aliphatic carbocycles. The molecule has 0 saturated heterocycles. The zero-order chi connectivity index (χ0) is 21.3. The maximum atomic E-state index is 8.63. The van der Waals surface area contributed by atoms with Gasteiger partial charge in [-0.2, -0.15) is 17.9 Å². The van der Waals surface area contributed by atoms with Gasteiger partial charge < -0.3 is 4.74 Å². The molecule has 2 rings (SSSR count). The number of rotatable bonds is 10. The van der Waals surface area contributed by atoms with Crippen molar-refractivity contribution in [2.24, 2.45) is 5.41 Å². The van der Waals surface area contributed by atoms with Crippen molar-refractivity contribution in [1.29, 1.82) is 5.26 Å². The first-order chi connectivity index (χ1) is 13.7. The second-order valence-electron chi connectivity index (χ2n) is 8.62. The van der Waals surface area contributed by atoms with E-state index < -0.39 is 0 Å². The number of nitriles is 1. The number of nitrogens with zero attached hydrogens (tertiary/aromatic N) is 2. The summed E-state index contributed by atoms with van der Waals surface area (Å²) in [6.07, 6.45) is 10.9. The van der Waals surface area contributed by atoms with Gasteiger partial charge in [0.05, 0.1) is 0 Å². The van der Waals surface area contributed by atoms with Crippen molar-refractivity contribution in [3.63, 3.8) is 0 Å². The normalized spacial score (nSPS) is 12.0. The summed E-state index contributed by atoms with van der Waals surface area (Å²) >= 11 is 4.36. The Balaban J connectivity index is 1.92. The van der Waals surface area contributed by atoms with Crippen molar-refractivity contribution in [1.82, 2.24) is 4.98 Å². The molecule has 0 aliphatic rings. The lowest BCUT2D eigenvalue weighted by molar-refractivity contribution is 0.0769. The summed E-state index contributed by atoms with van der Waals surface area (Å²) in [5.41, 5.74) is 2.85. The average molecular weight is 410 g/mol. The smallest absolute Gasteiger partial charge is 0.213 e. The van der Waals surface area contributed by atoms with Crippen LogP contribution in [-0.2, 0) is 0 Å². The fraction of sp³-hybridized carbons (Fsp3) is 0.417. The minimum Gasteiger partial charge on any atom is -0.472 e. The summed E-state index contributed by atoms with van der Waals surface area (Å²) in [7, 11) is 0. The summed E-state index contributed by atoms with van der Waals surface area (Å²) in [5, 5.41) is 11.2. The fourth-order valence-corrected chi connectivity index (χ4v) is 3.49. The molecule has 1 aromatic carbocycles. The summed E-state index contributed by atoms with van der Waals surface area (Å²) in [5.74, 6) is 1.55. The summed E-state index contributed by atoms with van der Waals surface area (Å²) in [6.45, 7) is 8.80. The molecular weight excluding hydrogens is 378 g/mol. The van der Waals surface area contributed by atoms with Gasteiger partial charge in [-0.25, -0.2) is 4.98 Å². The Kier molecular flexibility index (Phi) is 8.16. The Labute approximate surface area is 180 Å². The van der Waals surface area contributed by atoms with Gasteiger partial charge in [-0.3, -0.25) is 5.32 Å². The maximum Gasteiger partial charge on any atom is 0.213 e. The lowest BCUT2D eigenvalue weighted by atomic mass is 9.82. The molecule has 0 saturated carbocycles. The summed E-state index contributed by atoms with van der Waals surface area (Å²) in [4.78, 5) is 4.46. The van der Waals surface area contributed by atoms with E-state index in [2.05, 4.69) is 50.6 Å². The number of nitrogens with one attached hydrogen (secondary N) is 1. The van der Waals surface area contributed by atoms with Crippen LogP contribution >= 0.6 is 12.6 Å². The van der Waals surface area contributed by atoms with Crippen LogP contribution < -0.4 is 10.1 Å². The predicted molar refractivity (Wildman–Crippen MR) is 125 cm³/mol. The van der Waals surface area contributed by atoms with Crippen LogP contribution in [0.25, 0.3) is 12.2 Å². The summed E-state index contributed by atoms with van der Waals surface area (Å²) in [6, 6.07) is 11.6. The van der Waals surface area contributed by atoms with E-state index in [1.165, 1.54) is 0 Å². The highest BCUT2D eigenvalue weighted by atomic mass is 32.1. The highest BCUT2D eigenvalue weighted by molar-refractivity contribution is 7.80. The van der Waals surface area contributed by atoms with Crippen molar-refractivity contribution in [2.45, 2.75) is 52.6 Å². The monoisotopic (exact) mass is 409 g/mol. The quantitative estimate of drug-likeness (QED) is 0.270. The molecule has 0 spiro atoms. The van der Waals surface area contributed by atoms with Gasteiger partial charge in [-0.05, 0) is 73.6 Å². The van der Waals surface area contributed by atoms with Gasteiger partial charge in [0.15, 0.2) is 6.19 Å². The Hall–Kier alpha value is -2.45. The maximum absolute atomic E-state index is 8.63. The third kappa shape index (κ3) is 8.21. The standard InChI is InChI=1S/C24H31N3OS/c1-23(2,15-16-29)13-14-24(3,4)28-22-12-9-20(17-26-22)6-5-19-7-10-21(11-8-19)27-18-25/h5-12,17,27,29H,13-16H2,1-4H3/b6-5+. The number of hydrogen-bond acceptors (Lipinski definition) is 5. The Morgan fingerprint density at radius 1 is 1.00 bits per heavy atom. The highest BCUT2D eigenvalue weighted by Gasteiger charge is 2.25. The molecule has 0 amide bonds. The van der Waals surface area contributed by atoms with Crippen LogP contribution in [0.1, 0.15) is 58.1 Å². The fourth-order valence-electron chi connectivity index (χ4n) is 2.89. The largest absolute Gasteiger partial charge is 0.472 e. The molecule has 29 heavy (non-hydrogen) atoms. The number of thiol groups is 1. The van der Waals surface area contributed by atoms with Crippen LogP contribution in [0.5, 0.6) is 5.88 Å². The SMILES string of the molecule is CC(C)(CCS)CCC(C)(C)Oc1ccc(/C=C/c2ccc(NC#N)cc2)cn1. The van der Waals surface area contributed by atoms with Crippen molar-refractivity contribution in [3.8, 4) is 12.1 Å². The molecular formula is C24H31N3OS. The molecule has 5 heteroatoms. The molecule has 1 N–H and O–H groups in total. The minimum atomic E-state index is -0.266. The molecule has 0 unspecified atom stereocenters. The van der Waals surface area contributed by atoms with Gasteiger partial charge in [0, 0.05) is 18.0 Å².